The highest BCUT2D eigenvalue weighted by Crippen LogP contribution is 2.32. The molecule has 26 heavy (non-hydrogen) atoms. The van der Waals surface area contributed by atoms with Crippen LogP contribution in [0.1, 0.15) is 31.0 Å². The Hall–Kier alpha value is -2.90. The fourth-order valence-electron chi connectivity index (χ4n) is 2.81. The summed E-state index contributed by atoms with van der Waals surface area (Å²) in [5, 5.41) is 2.76. The monoisotopic (exact) mass is 362 g/mol. The van der Waals surface area contributed by atoms with E-state index in [1.807, 2.05) is 13.8 Å². The number of alkyl halides is 3. The zero-order valence-corrected chi connectivity index (χ0v) is 14.2. The molecule has 0 amide bonds. The molecule has 0 aliphatic carbocycles. The predicted octanol–water partition coefficient (Wildman–Crippen LogP) is 4.00. The number of anilines is 1. The van der Waals surface area contributed by atoms with Gasteiger partial charge in [-0.25, -0.2) is 4.98 Å². The lowest BCUT2D eigenvalue weighted by molar-refractivity contribution is -0.138. The van der Waals surface area contributed by atoms with Crippen LogP contribution in [0.3, 0.4) is 0 Å². The number of halogens is 3. The number of pyridine rings is 1. The fourth-order valence-corrected chi connectivity index (χ4v) is 2.81. The first-order valence-electron chi connectivity index (χ1n) is 8.04. The van der Waals surface area contributed by atoms with Crippen molar-refractivity contribution in [1.82, 2.24) is 14.5 Å². The van der Waals surface area contributed by atoms with Gasteiger partial charge in [-0.1, -0.05) is 18.2 Å². The molecule has 5 nitrogen and oxygen atoms in total. The Labute approximate surface area is 147 Å². The number of rotatable bonds is 4. The molecule has 3 rings (SSSR count). The molecule has 0 saturated carbocycles. The molecule has 3 aromatic rings. The number of aromatic nitrogens is 3. The summed E-state index contributed by atoms with van der Waals surface area (Å²) in [6, 6.07) is 6.75. The van der Waals surface area contributed by atoms with Gasteiger partial charge in [-0.3, -0.25) is 14.3 Å². The smallest absolute Gasteiger partial charge is 0.361 e. The lowest BCUT2D eigenvalue weighted by Crippen LogP contribution is -2.27. The van der Waals surface area contributed by atoms with Crippen LogP contribution in [0.25, 0.3) is 11.0 Å². The van der Waals surface area contributed by atoms with E-state index in [1.54, 1.807) is 18.5 Å². The summed E-state index contributed by atoms with van der Waals surface area (Å²) in [6.07, 6.45) is -1.36. The molecule has 8 heteroatoms. The number of fused-ring (bicyclic) bond motifs is 1. The fraction of sp³-hybridized carbons (Fsp3) is 0.278. The van der Waals surface area contributed by atoms with E-state index in [0.29, 0.717) is 11.0 Å². The minimum Gasteiger partial charge on any atom is -0.361 e. The standard InChI is InChI=1S/C18H17F3N4O/c1-11(2)25-15-10-22-8-7-14(15)24-16(17(25)26)23-9-12-5-3-4-6-13(12)18(19,20)21/h3-8,10-11H,9H2,1-2H3,(H,23,24). The van der Waals surface area contributed by atoms with Crippen LogP contribution in [0.5, 0.6) is 0 Å². The summed E-state index contributed by atoms with van der Waals surface area (Å²) in [7, 11) is 0. The molecule has 0 spiro atoms. The van der Waals surface area contributed by atoms with E-state index in [-0.39, 0.29) is 24.0 Å². The molecule has 2 aromatic heterocycles. The first kappa shape index (κ1) is 17.9. The number of hydrogen-bond donors (Lipinski definition) is 1. The maximum atomic E-state index is 13.1. The summed E-state index contributed by atoms with van der Waals surface area (Å²) in [4.78, 5) is 21.0. The summed E-state index contributed by atoms with van der Waals surface area (Å²) >= 11 is 0. The predicted molar refractivity (Wildman–Crippen MR) is 93.0 cm³/mol. The van der Waals surface area contributed by atoms with Crippen molar-refractivity contribution in [2.75, 3.05) is 5.32 Å². The van der Waals surface area contributed by atoms with Gasteiger partial charge in [0, 0.05) is 18.8 Å². The van der Waals surface area contributed by atoms with E-state index in [0.717, 1.165) is 6.07 Å². The van der Waals surface area contributed by atoms with Crippen molar-refractivity contribution in [3.05, 3.63) is 64.2 Å². The Balaban J connectivity index is 2.01. The van der Waals surface area contributed by atoms with Gasteiger partial charge in [-0.05, 0) is 31.5 Å². The van der Waals surface area contributed by atoms with Crippen molar-refractivity contribution in [2.24, 2.45) is 0 Å². The highest BCUT2D eigenvalue weighted by Gasteiger charge is 2.32. The van der Waals surface area contributed by atoms with Gasteiger partial charge in [0.05, 0.1) is 22.8 Å². The molecule has 0 atom stereocenters. The van der Waals surface area contributed by atoms with E-state index >= 15 is 0 Å². The largest absolute Gasteiger partial charge is 0.416 e. The average molecular weight is 362 g/mol. The lowest BCUT2D eigenvalue weighted by Gasteiger charge is -2.17. The van der Waals surface area contributed by atoms with E-state index in [2.05, 4.69) is 15.3 Å². The zero-order chi connectivity index (χ0) is 18.9. The minimum absolute atomic E-state index is 0.00868. The number of nitrogens with one attached hydrogen (secondary N) is 1. The van der Waals surface area contributed by atoms with Crippen LogP contribution in [0.4, 0.5) is 19.0 Å². The molecule has 0 bridgehead atoms. The second kappa shape index (κ2) is 6.78. The van der Waals surface area contributed by atoms with Gasteiger partial charge < -0.3 is 5.32 Å². The number of benzene rings is 1. The molecule has 0 aliphatic rings. The first-order chi connectivity index (χ1) is 12.3. The van der Waals surface area contributed by atoms with Crippen molar-refractivity contribution in [2.45, 2.75) is 32.6 Å². The Bertz CT molecular complexity index is 996. The van der Waals surface area contributed by atoms with Gasteiger partial charge in [0.1, 0.15) is 0 Å². The van der Waals surface area contributed by atoms with Gasteiger partial charge in [-0.15, -0.1) is 0 Å². The van der Waals surface area contributed by atoms with Crippen molar-refractivity contribution < 1.29 is 13.2 Å². The van der Waals surface area contributed by atoms with Gasteiger partial charge in [0.2, 0.25) is 0 Å². The molecular weight excluding hydrogens is 345 g/mol. The Morgan fingerprint density at radius 1 is 1.19 bits per heavy atom. The third-order valence-electron chi connectivity index (χ3n) is 3.98. The summed E-state index contributed by atoms with van der Waals surface area (Å²) in [6.45, 7) is 3.53. The Morgan fingerprint density at radius 2 is 1.92 bits per heavy atom. The minimum atomic E-state index is -4.46. The van der Waals surface area contributed by atoms with Crippen LogP contribution >= 0.6 is 0 Å². The number of hydrogen-bond acceptors (Lipinski definition) is 4. The van der Waals surface area contributed by atoms with E-state index in [1.165, 1.54) is 22.8 Å². The van der Waals surface area contributed by atoms with E-state index in [4.69, 9.17) is 0 Å². The van der Waals surface area contributed by atoms with E-state index < -0.39 is 17.3 Å². The molecule has 136 valence electrons. The Morgan fingerprint density at radius 3 is 2.62 bits per heavy atom. The second-order valence-corrected chi connectivity index (χ2v) is 6.10. The van der Waals surface area contributed by atoms with Crippen LogP contribution in [-0.2, 0) is 12.7 Å². The average Bonchev–Trinajstić information content (AvgIpc) is 2.59. The highest BCUT2D eigenvalue weighted by atomic mass is 19.4. The van der Waals surface area contributed by atoms with Crippen LogP contribution in [0, 0.1) is 0 Å². The normalized spacial score (nSPS) is 11.9. The zero-order valence-electron chi connectivity index (χ0n) is 14.2. The highest BCUT2D eigenvalue weighted by molar-refractivity contribution is 5.75. The third-order valence-corrected chi connectivity index (χ3v) is 3.98. The van der Waals surface area contributed by atoms with Crippen molar-refractivity contribution >= 4 is 16.9 Å². The maximum Gasteiger partial charge on any atom is 0.416 e. The van der Waals surface area contributed by atoms with Crippen LogP contribution in [0.2, 0.25) is 0 Å². The summed E-state index contributed by atoms with van der Waals surface area (Å²) < 4.78 is 40.9. The first-order valence-corrected chi connectivity index (χ1v) is 8.04. The van der Waals surface area contributed by atoms with Gasteiger partial charge in [0.25, 0.3) is 5.56 Å². The molecule has 0 fully saturated rings. The van der Waals surface area contributed by atoms with Crippen LogP contribution < -0.4 is 10.9 Å². The molecule has 1 aromatic carbocycles. The van der Waals surface area contributed by atoms with Gasteiger partial charge in [0.15, 0.2) is 5.82 Å². The molecule has 0 aliphatic heterocycles. The Kier molecular flexibility index (Phi) is 4.67. The van der Waals surface area contributed by atoms with E-state index in [9.17, 15) is 18.0 Å². The molecular formula is C18H17F3N4O. The second-order valence-electron chi connectivity index (χ2n) is 6.10. The quantitative estimate of drug-likeness (QED) is 0.762. The molecule has 0 radical (unpaired) electrons. The van der Waals surface area contributed by atoms with Crippen molar-refractivity contribution in [3.8, 4) is 0 Å². The van der Waals surface area contributed by atoms with Crippen LogP contribution in [0.15, 0.2) is 47.5 Å². The summed E-state index contributed by atoms with van der Waals surface area (Å²) in [5.41, 5.74) is 0.0347. The van der Waals surface area contributed by atoms with Gasteiger partial charge >= 0.3 is 6.18 Å². The molecule has 1 N–H and O–H groups in total. The third kappa shape index (κ3) is 3.40. The van der Waals surface area contributed by atoms with Crippen LogP contribution in [-0.4, -0.2) is 14.5 Å². The lowest BCUT2D eigenvalue weighted by atomic mass is 10.1. The van der Waals surface area contributed by atoms with Crippen molar-refractivity contribution in [1.29, 1.82) is 0 Å². The molecule has 0 unspecified atom stereocenters. The molecule has 2 heterocycles. The topological polar surface area (TPSA) is 59.8 Å². The number of nitrogens with zero attached hydrogens (tertiary/aromatic N) is 3. The SMILES string of the molecule is CC(C)n1c(=O)c(NCc2ccccc2C(F)(F)F)nc2ccncc21. The molecule has 0 saturated heterocycles. The van der Waals surface area contributed by atoms with Crippen molar-refractivity contribution in [3.63, 3.8) is 0 Å². The van der Waals surface area contributed by atoms with Gasteiger partial charge in [-0.2, -0.15) is 13.2 Å². The summed E-state index contributed by atoms with van der Waals surface area (Å²) in [5.74, 6) is 0.00868. The maximum absolute atomic E-state index is 13.1.